The van der Waals surface area contributed by atoms with E-state index in [1.807, 2.05) is 54.6 Å². The summed E-state index contributed by atoms with van der Waals surface area (Å²) in [5.74, 6) is 0.352. The normalized spacial score (nSPS) is 10.6. The zero-order valence-corrected chi connectivity index (χ0v) is 13.3. The van der Waals surface area contributed by atoms with Crippen molar-refractivity contribution in [1.29, 1.82) is 0 Å². The largest absolute Gasteiger partial charge is 0.490 e. The van der Waals surface area contributed by atoms with Gasteiger partial charge in [0.05, 0.1) is 4.47 Å². The lowest BCUT2D eigenvalue weighted by atomic mass is 10.2. The molecule has 0 unspecified atom stereocenters. The predicted octanol–water partition coefficient (Wildman–Crippen LogP) is 4.17. The molecule has 0 amide bonds. The van der Waals surface area contributed by atoms with Gasteiger partial charge in [-0.25, -0.2) is 4.79 Å². The van der Waals surface area contributed by atoms with Gasteiger partial charge in [-0.2, -0.15) is 0 Å². The van der Waals surface area contributed by atoms with Gasteiger partial charge in [-0.1, -0.05) is 36.4 Å². The van der Waals surface area contributed by atoms with Crippen molar-refractivity contribution in [3.8, 4) is 5.75 Å². The van der Waals surface area contributed by atoms with E-state index in [9.17, 15) is 4.79 Å². The number of hydrogen-bond donors (Lipinski definition) is 1. The molecule has 4 nitrogen and oxygen atoms in total. The fourth-order valence-corrected chi connectivity index (χ4v) is 2.74. The number of H-pyrrole nitrogens is 1. The van der Waals surface area contributed by atoms with Gasteiger partial charge >= 0.3 is 5.97 Å². The minimum atomic E-state index is -0.403. The SMILES string of the molecule is O=C(OCCOc1ccccc1)c1[nH]c2ccccc2c1Br. The van der Waals surface area contributed by atoms with Gasteiger partial charge in [0.25, 0.3) is 0 Å². The number of halogens is 1. The monoisotopic (exact) mass is 359 g/mol. The molecule has 0 saturated heterocycles. The summed E-state index contributed by atoms with van der Waals surface area (Å²) in [5, 5.41) is 0.954. The summed E-state index contributed by atoms with van der Waals surface area (Å²) in [5.41, 5.74) is 1.31. The molecule has 0 fully saturated rings. The van der Waals surface area contributed by atoms with Crippen LogP contribution in [0.2, 0.25) is 0 Å². The van der Waals surface area contributed by atoms with E-state index in [2.05, 4.69) is 20.9 Å². The third-order valence-corrected chi connectivity index (χ3v) is 4.00. The number of aromatic amines is 1. The lowest BCUT2D eigenvalue weighted by Crippen LogP contribution is -2.13. The minimum Gasteiger partial charge on any atom is -0.490 e. The molecule has 0 aliphatic carbocycles. The minimum absolute atomic E-state index is 0.190. The predicted molar refractivity (Wildman–Crippen MR) is 88.2 cm³/mol. The van der Waals surface area contributed by atoms with Crippen LogP contribution in [0.4, 0.5) is 0 Å². The van der Waals surface area contributed by atoms with E-state index in [0.717, 1.165) is 21.1 Å². The van der Waals surface area contributed by atoms with E-state index in [4.69, 9.17) is 9.47 Å². The van der Waals surface area contributed by atoms with Crippen LogP contribution in [0.15, 0.2) is 59.1 Å². The third-order valence-electron chi connectivity index (χ3n) is 3.18. The Hall–Kier alpha value is -2.27. The van der Waals surface area contributed by atoms with Crippen LogP contribution in [0.3, 0.4) is 0 Å². The molecule has 0 radical (unpaired) electrons. The number of nitrogens with one attached hydrogen (secondary N) is 1. The molecule has 0 spiro atoms. The molecule has 2 aromatic carbocycles. The van der Waals surface area contributed by atoms with Crippen LogP contribution >= 0.6 is 15.9 Å². The van der Waals surface area contributed by atoms with Gasteiger partial charge in [0.1, 0.15) is 24.7 Å². The number of aromatic nitrogens is 1. The second-order valence-corrected chi connectivity index (χ2v) is 5.45. The number of hydrogen-bond acceptors (Lipinski definition) is 3. The van der Waals surface area contributed by atoms with Gasteiger partial charge in [0.15, 0.2) is 0 Å². The number of benzene rings is 2. The number of ether oxygens (including phenoxy) is 2. The van der Waals surface area contributed by atoms with E-state index in [1.165, 1.54) is 0 Å². The van der Waals surface area contributed by atoms with Gasteiger partial charge in [0.2, 0.25) is 0 Å². The number of carbonyl (C=O) groups is 1. The fraction of sp³-hybridized carbons (Fsp3) is 0.118. The molecule has 0 atom stereocenters. The lowest BCUT2D eigenvalue weighted by Gasteiger charge is -2.06. The summed E-state index contributed by atoms with van der Waals surface area (Å²) in [6.07, 6.45) is 0. The maximum absolute atomic E-state index is 12.1. The van der Waals surface area contributed by atoms with Gasteiger partial charge < -0.3 is 14.5 Å². The van der Waals surface area contributed by atoms with Crippen LogP contribution in [0.5, 0.6) is 5.75 Å². The van der Waals surface area contributed by atoms with Crippen molar-refractivity contribution in [1.82, 2.24) is 4.98 Å². The average molecular weight is 360 g/mol. The highest BCUT2D eigenvalue weighted by Crippen LogP contribution is 2.28. The Morgan fingerprint density at radius 1 is 1.00 bits per heavy atom. The first-order valence-corrected chi connectivity index (χ1v) is 7.66. The van der Waals surface area contributed by atoms with Gasteiger partial charge in [-0.3, -0.25) is 0 Å². The highest BCUT2D eigenvalue weighted by atomic mass is 79.9. The molecule has 0 saturated carbocycles. The zero-order chi connectivity index (χ0) is 15.4. The van der Waals surface area contributed by atoms with Crippen molar-refractivity contribution < 1.29 is 14.3 Å². The molecule has 1 aromatic heterocycles. The van der Waals surface area contributed by atoms with Gasteiger partial charge in [-0.15, -0.1) is 0 Å². The Morgan fingerprint density at radius 2 is 1.73 bits per heavy atom. The molecule has 3 aromatic rings. The standard InChI is InChI=1S/C17H14BrNO3/c18-15-13-8-4-5-9-14(13)19-16(15)17(20)22-11-10-21-12-6-2-1-3-7-12/h1-9,19H,10-11H2. The quantitative estimate of drug-likeness (QED) is 0.549. The maximum atomic E-state index is 12.1. The average Bonchev–Trinajstić information content (AvgIpc) is 2.90. The summed E-state index contributed by atoms with van der Waals surface area (Å²) in [4.78, 5) is 15.2. The number of para-hydroxylation sites is 2. The molecule has 22 heavy (non-hydrogen) atoms. The van der Waals surface area contributed by atoms with Crippen molar-refractivity contribution in [3.05, 3.63) is 64.8 Å². The third kappa shape index (κ3) is 3.14. The second kappa shape index (κ2) is 6.66. The maximum Gasteiger partial charge on any atom is 0.356 e. The smallest absolute Gasteiger partial charge is 0.356 e. The molecule has 1 N–H and O–H groups in total. The molecule has 1 heterocycles. The number of fused-ring (bicyclic) bond motifs is 1. The van der Waals surface area contributed by atoms with Crippen molar-refractivity contribution >= 4 is 32.8 Å². The Bertz CT molecular complexity index is 783. The van der Waals surface area contributed by atoms with E-state index in [-0.39, 0.29) is 6.61 Å². The first kappa shape index (κ1) is 14.7. The van der Waals surface area contributed by atoms with Crippen LogP contribution in [-0.2, 0) is 4.74 Å². The van der Waals surface area contributed by atoms with Gasteiger partial charge in [0, 0.05) is 10.9 Å². The highest BCUT2D eigenvalue weighted by molar-refractivity contribution is 9.10. The van der Waals surface area contributed by atoms with E-state index >= 15 is 0 Å². The van der Waals surface area contributed by atoms with Crippen LogP contribution in [0.1, 0.15) is 10.5 Å². The van der Waals surface area contributed by atoms with E-state index in [0.29, 0.717) is 12.3 Å². The molecule has 0 aliphatic heterocycles. The first-order valence-electron chi connectivity index (χ1n) is 6.87. The van der Waals surface area contributed by atoms with E-state index in [1.54, 1.807) is 0 Å². The fourth-order valence-electron chi connectivity index (χ4n) is 2.13. The lowest BCUT2D eigenvalue weighted by molar-refractivity contribution is 0.0443. The van der Waals surface area contributed by atoms with E-state index < -0.39 is 5.97 Å². The number of carbonyl (C=O) groups excluding carboxylic acids is 1. The van der Waals surface area contributed by atoms with Crippen molar-refractivity contribution in [3.63, 3.8) is 0 Å². The highest BCUT2D eigenvalue weighted by Gasteiger charge is 2.16. The second-order valence-electron chi connectivity index (χ2n) is 4.66. The molecule has 112 valence electrons. The van der Waals surface area contributed by atoms with Crippen LogP contribution < -0.4 is 4.74 Å². The zero-order valence-electron chi connectivity index (χ0n) is 11.7. The first-order chi connectivity index (χ1) is 10.8. The van der Waals surface area contributed by atoms with Crippen LogP contribution in [0.25, 0.3) is 10.9 Å². The van der Waals surface area contributed by atoms with Crippen molar-refractivity contribution in [2.45, 2.75) is 0 Å². The molecule has 0 bridgehead atoms. The van der Waals surface area contributed by atoms with Gasteiger partial charge in [-0.05, 0) is 34.1 Å². The van der Waals surface area contributed by atoms with Crippen molar-refractivity contribution in [2.24, 2.45) is 0 Å². The topological polar surface area (TPSA) is 51.3 Å². The van der Waals surface area contributed by atoms with Crippen LogP contribution in [0, 0.1) is 0 Å². The Labute approximate surface area is 136 Å². The summed E-state index contributed by atoms with van der Waals surface area (Å²) in [6.45, 7) is 0.503. The molecular formula is C17H14BrNO3. The van der Waals surface area contributed by atoms with Crippen molar-refractivity contribution in [2.75, 3.05) is 13.2 Å². The number of esters is 1. The molecule has 5 heteroatoms. The summed E-state index contributed by atoms with van der Waals surface area (Å²) in [7, 11) is 0. The Balaban J connectivity index is 1.58. The Kier molecular flexibility index (Phi) is 4.44. The summed E-state index contributed by atoms with van der Waals surface area (Å²) >= 11 is 3.43. The number of rotatable bonds is 5. The molecular weight excluding hydrogens is 346 g/mol. The molecule has 0 aliphatic rings. The summed E-state index contributed by atoms with van der Waals surface area (Å²) in [6, 6.07) is 17.1. The molecule has 3 rings (SSSR count). The Morgan fingerprint density at radius 3 is 2.50 bits per heavy atom. The summed E-state index contributed by atoms with van der Waals surface area (Å²) < 4.78 is 11.4. The van der Waals surface area contributed by atoms with Crippen LogP contribution in [-0.4, -0.2) is 24.2 Å².